The zero-order chi connectivity index (χ0) is 36.1. The fraction of sp³-hybridized carbons (Fsp3) is 0.176. The van der Waals surface area contributed by atoms with Crippen LogP contribution in [-0.4, -0.2) is 74.4 Å². The van der Waals surface area contributed by atoms with E-state index in [1.54, 1.807) is 31.2 Å². The molecule has 0 unspecified atom stereocenters. The number of aliphatic hydroxyl groups is 2. The molecule has 0 aromatic heterocycles. The van der Waals surface area contributed by atoms with E-state index >= 15 is 0 Å². The lowest BCUT2D eigenvalue weighted by Crippen LogP contribution is -2.35. The van der Waals surface area contributed by atoms with Crippen LogP contribution in [0.15, 0.2) is 111 Å². The van der Waals surface area contributed by atoms with Gasteiger partial charge < -0.3 is 30.7 Å². The van der Waals surface area contributed by atoms with Crippen molar-refractivity contribution in [1.82, 2.24) is 4.31 Å². The summed E-state index contributed by atoms with van der Waals surface area (Å²) in [5.41, 5.74) is 2.72. The van der Waals surface area contributed by atoms with Crippen molar-refractivity contribution in [2.75, 3.05) is 44.0 Å². The fourth-order valence-corrected chi connectivity index (χ4v) is 7.26. The summed E-state index contributed by atoms with van der Waals surface area (Å²) >= 11 is 0. The first kappa shape index (κ1) is 36.2. The van der Waals surface area contributed by atoms with Gasteiger partial charge in [-0.3, -0.25) is 4.55 Å². The highest BCUT2D eigenvalue weighted by atomic mass is 32.2. The number of benzene rings is 5. The van der Waals surface area contributed by atoms with Crippen LogP contribution in [0.3, 0.4) is 0 Å². The van der Waals surface area contributed by atoms with Crippen LogP contribution in [0, 0.1) is 6.92 Å². The molecule has 5 aromatic carbocycles. The Morgan fingerprint density at radius 2 is 1.48 bits per heavy atom. The third kappa shape index (κ3) is 8.02. The van der Waals surface area contributed by atoms with Gasteiger partial charge in [0, 0.05) is 35.9 Å². The molecule has 0 spiro atoms. The zero-order valence-electron chi connectivity index (χ0n) is 27.0. The van der Waals surface area contributed by atoms with Gasteiger partial charge in [-0.15, -0.1) is 0 Å². The molecule has 6 N–H and O–H groups in total. The summed E-state index contributed by atoms with van der Waals surface area (Å²) < 4.78 is 67.5. The number of ether oxygens (including phenoxy) is 1. The first-order valence-electron chi connectivity index (χ1n) is 15.1. The van der Waals surface area contributed by atoms with Crippen LogP contribution in [0.25, 0.3) is 10.8 Å². The number of nitrogens with zero attached hydrogens (tertiary/aromatic N) is 3. The predicted molar refractivity (Wildman–Crippen MR) is 190 cm³/mol. The van der Waals surface area contributed by atoms with E-state index in [1.165, 1.54) is 43.5 Å². The van der Waals surface area contributed by atoms with E-state index in [9.17, 15) is 36.7 Å². The number of phenolic OH excluding ortho intramolecular Hbond substituents is 1. The second-order valence-electron chi connectivity index (χ2n) is 11.0. The second-order valence-corrected chi connectivity index (χ2v) is 14.3. The number of aromatic hydroxyl groups is 1. The van der Waals surface area contributed by atoms with Gasteiger partial charge in [0.25, 0.3) is 10.1 Å². The summed E-state index contributed by atoms with van der Waals surface area (Å²) in [5.74, 6) is -0.201. The van der Waals surface area contributed by atoms with E-state index < -0.39 is 44.0 Å². The van der Waals surface area contributed by atoms with Gasteiger partial charge in [0.1, 0.15) is 22.1 Å². The van der Waals surface area contributed by atoms with E-state index in [1.807, 2.05) is 30.3 Å². The number of rotatable bonds is 14. The Kier molecular flexibility index (Phi) is 11.0. The number of methoxy groups -OCH3 is 1. The van der Waals surface area contributed by atoms with Gasteiger partial charge in [0.2, 0.25) is 10.0 Å². The van der Waals surface area contributed by atoms with Crippen molar-refractivity contribution in [3.05, 3.63) is 96.6 Å². The predicted octanol–water partition coefficient (Wildman–Crippen LogP) is 5.99. The molecule has 0 atom stereocenters. The van der Waals surface area contributed by atoms with E-state index in [-0.39, 0.29) is 35.1 Å². The van der Waals surface area contributed by atoms with Gasteiger partial charge in [0.15, 0.2) is 0 Å². The third-order valence-electron chi connectivity index (χ3n) is 7.64. The van der Waals surface area contributed by atoms with Crippen LogP contribution >= 0.6 is 0 Å². The number of aryl methyl sites for hydroxylation is 1. The van der Waals surface area contributed by atoms with Crippen LogP contribution in [-0.2, 0) is 20.1 Å². The molecule has 0 saturated heterocycles. The minimum absolute atomic E-state index is 0.0443. The number of sulfonamides is 1. The van der Waals surface area contributed by atoms with Gasteiger partial charge in [0.05, 0.1) is 42.3 Å². The van der Waals surface area contributed by atoms with Crippen molar-refractivity contribution in [2.45, 2.75) is 16.7 Å². The summed E-state index contributed by atoms with van der Waals surface area (Å²) in [4.78, 5) is -0.596. The molecule has 16 heteroatoms. The van der Waals surface area contributed by atoms with Crippen molar-refractivity contribution >= 4 is 65.0 Å². The molecule has 0 aliphatic rings. The Bertz CT molecular complexity index is 2240. The van der Waals surface area contributed by atoms with E-state index in [0.29, 0.717) is 33.4 Å². The minimum Gasteiger partial charge on any atom is -0.505 e. The summed E-state index contributed by atoms with van der Waals surface area (Å²) in [6, 6.07) is 24.3. The standard InChI is InChI=1S/C34H35N5O9S2/c1-22-18-30(31(48-2)21-29(22)38-37-25-8-11-27(12-9-25)49(43,44)39(14-16-40)15-17-41)36-33-32(50(45,46)47)20-23-19-26(10-13-28(23)34(33)42)35-24-6-4-3-5-7-24/h3-13,18-21,35-36,40-42H,14-17H2,1-2H3,(H,45,46,47). The number of phenols is 1. The topological polar surface area (TPSA) is 210 Å². The van der Waals surface area contributed by atoms with Crippen LogP contribution in [0.1, 0.15) is 5.56 Å². The molecule has 0 aliphatic heterocycles. The van der Waals surface area contributed by atoms with Gasteiger partial charge in [-0.05, 0) is 84.6 Å². The number of hydrogen-bond acceptors (Lipinski definition) is 12. The highest BCUT2D eigenvalue weighted by Gasteiger charge is 2.25. The Hall–Kier alpha value is -5.10. The lowest BCUT2D eigenvalue weighted by molar-refractivity contribution is 0.217. The molecule has 0 radical (unpaired) electrons. The normalized spacial score (nSPS) is 12.1. The number of fused-ring (bicyclic) bond motifs is 1. The number of nitrogens with one attached hydrogen (secondary N) is 2. The molecule has 262 valence electrons. The summed E-state index contributed by atoms with van der Waals surface area (Å²) in [7, 11) is -7.39. The van der Waals surface area contributed by atoms with E-state index in [2.05, 4.69) is 20.9 Å². The Balaban J connectivity index is 1.44. The van der Waals surface area contributed by atoms with Crippen molar-refractivity contribution < 1.29 is 41.4 Å². The molecule has 0 bridgehead atoms. The molecule has 14 nitrogen and oxygen atoms in total. The average Bonchev–Trinajstić information content (AvgIpc) is 3.09. The molecule has 0 saturated carbocycles. The largest absolute Gasteiger partial charge is 0.505 e. The maximum Gasteiger partial charge on any atom is 0.296 e. The summed E-state index contributed by atoms with van der Waals surface area (Å²) in [6.45, 7) is 0.587. The number of azo groups is 1. The maximum atomic E-state index is 12.9. The van der Waals surface area contributed by atoms with Crippen molar-refractivity contribution in [3.8, 4) is 11.5 Å². The fourth-order valence-electron chi connectivity index (χ4n) is 5.16. The second kappa shape index (κ2) is 15.2. The Morgan fingerprint density at radius 1 is 0.800 bits per heavy atom. The highest BCUT2D eigenvalue weighted by Crippen LogP contribution is 2.44. The van der Waals surface area contributed by atoms with E-state index in [0.717, 1.165) is 9.99 Å². The maximum absolute atomic E-state index is 12.9. The summed E-state index contributed by atoms with van der Waals surface area (Å²) in [5, 5.41) is 45.0. The molecular weight excluding hydrogens is 687 g/mol. The van der Waals surface area contributed by atoms with Crippen molar-refractivity contribution in [2.24, 2.45) is 10.2 Å². The minimum atomic E-state index is -4.82. The Labute approximate surface area is 289 Å². The first-order chi connectivity index (χ1) is 23.8. The number of aliphatic hydroxyl groups excluding tert-OH is 2. The van der Waals surface area contributed by atoms with Gasteiger partial charge in [-0.25, -0.2) is 8.42 Å². The molecule has 50 heavy (non-hydrogen) atoms. The van der Waals surface area contributed by atoms with Crippen molar-refractivity contribution in [3.63, 3.8) is 0 Å². The monoisotopic (exact) mass is 721 g/mol. The first-order valence-corrected chi connectivity index (χ1v) is 18.0. The molecule has 0 aliphatic carbocycles. The quantitative estimate of drug-likeness (QED) is 0.0446. The van der Waals surface area contributed by atoms with E-state index in [4.69, 9.17) is 4.74 Å². The molecular formula is C34H35N5O9S2. The van der Waals surface area contributed by atoms with Gasteiger partial charge in [-0.2, -0.15) is 23.0 Å². The highest BCUT2D eigenvalue weighted by molar-refractivity contribution is 7.89. The molecule has 5 aromatic rings. The molecule has 0 amide bonds. The van der Waals surface area contributed by atoms with Gasteiger partial charge >= 0.3 is 0 Å². The zero-order valence-corrected chi connectivity index (χ0v) is 28.6. The summed E-state index contributed by atoms with van der Waals surface area (Å²) in [6.07, 6.45) is 0. The van der Waals surface area contributed by atoms with Crippen LogP contribution in [0.2, 0.25) is 0 Å². The number of para-hydroxylation sites is 1. The lowest BCUT2D eigenvalue weighted by Gasteiger charge is -2.20. The van der Waals surface area contributed by atoms with Crippen molar-refractivity contribution in [1.29, 1.82) is 0 Å². The average molecular weight is 722 g/mol. The van der Waals surface area contributed by atoms with Crippen LogP contribution in [0.5, 0.6) is 11.5 Å². The lowest BCUT2D eigenvalue weighted by atomic mass is 10.1. The Morgan fingerprint density at radius 3 is 2.10 bits per heavy atom. The smallest absolute Gasteiger partial charge is 0.296 e. The molecule has 5 rings (SSSR count). The SMILES string of the molecule is COc1cc(N=Nc2ccc(S(=O)(=O)N(CCO)CCO)cc2)c(C)cc1Nc1c(S(=O)(=O)O)cc2cc(Nc3ccccc3)ccc2c1O. The third-order valence-corrected chi connectivity index (χ3v) is 10.4. The van der Waals surface area contributed by atoms with Crippen LogP contribution < -0.4 is 15.4 Å². The molecule has 0 heterocycles. The molecule has 0 fully saturated rings. The van der Waals surface area contributed by atoms with Gasteiger partial charge in [-0.1, -0.05) is 18.2 Å². The number of hydrogen-bond donors (Lipinski definition) is 6. The van der Waals surface area contributed by atoms with Crippen LogP contribution in [0.4, 0.5) is 34.1 Å². The number of anilines is 4.